The van der Waals surface area contributed by atoms with Crippen LogP contribution in [0.3, 0.4) is 0 Å². The number of benzene rings is 1. The quantitative estimate of drug-likeness (QED) is 0.662. The highest BCUT2D eigenvalue weighted by Crippen LogP contribution is 2.39. The van der Waals surface area contributed by atoms with E-state index in [9.17, 15) is 0 Å². The first-order valence-electron chi connectivity index (χ1n) is 6.17. The molecule has 0 atom stereocenters. The first-order chi connectivity index (χ1) is 9.83. The molecule has 0 spiro atoms. The van der Waals surface area contributed by atoms with Crippen LogP contribution in [0.25, 0.3) is 20.9 Å². The molecule has 0 fully saturated rings. The number of hydrogen-bond donors (Lipinski definition) is 0. The third kappa shape index (κ3) is 2.32. The number of thiophene rings is 2. The molecule has 1 aromatic carbocycles. The summed E-state index contributed by atoms with van der Waals surface area (Å²) in [6.07, 6.45) is 0. The molecule has 3 rings (SSSR count). The van der Waals surface area contributed by atoms with Gasteiger partial charge in [0.05, 0.1) is 24.0 Å². The maximum atomic E-state index is 5.37. The molecule has 0 N–H and O–H groups in total. The minimum atomic E-state index is 0.927. The predicted octanol–water partition coefficient (Wildman–Crippen LogP) is 5.16. The van der Waals surface area contributed by atoms with E-state index < -0.39 is 0 Å². The van der Waals surface area contributed by atoms with Gasteiger partial charge in [-0.1, -0.05) is 24.3 Å². The van der Waals surface area contributed by atoms with Gasteiger partial charge in [-0.15, -0.1) is 22.7 Å². The van der Waals surface area contributed by atoms with Crippen LogP contribution in [0.4, 0.5) is 0 Å². The molecule has 0 saturated heterocycles. The van der Waals surface area contributed by atoms with Crippen LogP contribution >= 0.6 is 22.7 Å². The van der Waals surface area contributed by atoms with E-state index in [1.54, 1.807) is 36.9 Å². The van der Waals surface area contributed by atoms with Crippen LogP contribution in [0, 0.1) is 0 Å². The Bertz CT molecular complexity index is 634. The van der Waals surface area contributed by atoms with Crippen LogP contribution in [-0.2, 0) is 0 Å². The van der Waals surface area contributed by atoms with Gasteiger partial charge in [0, 0.05) is 0 Å². The Balaban J connectivity index is 1.96. The topological polar surface area (TPSA) is 18.5 Å². The Hall–Kier alpha value is -1.78. The molecule has 0 bridgehead atoms. The van der Waals surface area contributed by atoms with E-state index in [0.29, 0.717) is 0 Å². The van der Waals surface area contributed by atoms with Gasteiger partial charge in [0.2, 0.25) is 0 Å². The van der Waals surface area contributed by atoms with E-state index in [0.717, 1.165) is 21.3 Å². The lowest BCUT2D eigenvalue weighted by atomic mass is 10.1. The summed E-state index contributed by atoms with van der Waals surface area (Å²) in [5, 5.41) is 4.09. The average molecular weight is 302 g/mol. The van der Waals surface area contributed by atoms with Crippen molar-refractivity contribution in [3.05, 3.63) is 47.2 Å². The SMILES string of the molecule is COc1ccsc1-c1ccc(-c2sccc2OC)cc1. The molecule has 2 nitrogen and oxygen atoms in total. The second-order valence-electron chi connectivity index (χ2n) is 4.21. The minimum absolute atomic E-state index is 0.927. The second-order valence-corrected chi connectivity index (χ2v) is 6.05. The summed E-state index contributed by atoms with van der Waals surface area (Å²) in [4.78, 5) is 2.33. The molecule has 4 heteroatoms. The number of methoxy groups -OCH3 is 2. The van der Waals surface area contributed by atoms with Gasteiger partial charge in [-0.05, 0) is 34.0 Å². The monoisotopic (exact) mass is 302 g/mol. The molecule has 0 aliphatic heterocycles. The van der Waals surface area contributed by atoms with Crippen molar-refractivity contribution in [3.8, 4) is 32.4 Å². The van der Waals surface area contributed by atoms with Crippen molar-refractivity contribution >= 4 is 22.7 Å². The summed E-state index contributed by atoms with van der Waals surface area (Å²) in [5.74, 6) is 1.85. The van der Waals surface area contributed by atoms with Gasteiger partial charge in [-0.25, -0.2) is 0 Å². The summed E-state index contributed by atoms with van der Waals surface area (Å²) in [5.41, 5.74) is 2.35. The Morgan fingerprint density at radius 3 is 1.40 bits per heavy atom. The fourth-order valence-corrected chi connectivity index (χ4v) is 3.85. The largest absolute Gasteiger partial charge is 0.495 e. The Kier molecular flexibility index (Phi) is 3.76. The Morgan fingerprint density at radius 1 is 0.650 bits per heavy atom. The zero-order chi connectivity index (χ0) is 13.9. The van der Waals surface area contributed by atoms with E-state index in [2.05, 4.69) is 24.3 Å². The van der Waals surface area contributed by atoms with Crippen molar-refractivity contribution in [2.75, 3.05) is 14.2 Å². The van der Waals surface area contributed by atoms with Gasteiger partial charge in [0.15, 0.2) is 0 Å². The van der Waals surface area contributed by atoms with Gasteiger partial charge in [-0.3, -0.25) is 0 Å². The maximum Gasteiger partial charge on any atom is 0.137 e. The predicted molar refractivity (Wildman–Crippen MR) is 86.2 cm³/mol. The normalized spacial score (nSPS) is 10.5. The Morgan fingerprint density at radius 2 is 1.05 bits per heavy atom. The maximum absolute atomic E-state index is 5.37. The first kappa shape index (κ1) is 13.2. The van der Waals surface area contributed by atoms with Crippen LogP contribution in [0.15, 0.2) is 47.2 Å². The minimum Gasteiger partial charge on any atom is -0.495 e. The zero-order valence-electron chi connectivity index (χ0n) is 11.3. The summed E-state index contributed by atoms with van der Waals surface area (Å²) in [6, 6.07) is 12.5. The highest BCUT2D eigenvalue weighted by atomic mass is 32.1. The number of hydrogen-bond acceptors (Lipinski definition) is 4. The zero-order valence-corrected chi connectivity index (χ0v) is 12.9. The molecule has 0 unspecified atom stereocenters. The van der Waals surface area contributed by atoms with E-state index in [1.807, 2.05) is 22.9 Å². The van der Waals surface area contributed by atoms with Crippen LogP contribution < -0.4 is 9.47 Å². The third-order valence-electron chi connectivity index (χ3n) is 3.11. The summed E-state index contributed by atoms with van der Waals surface area (Å²) >= 11 is 3.38. The van der Waals surface area contributed by atoms with Gasteiger partial charge < -0.3 is 9.47 Å². The molecule has 0 aliphatic rings. The van der Waals surface area contributed by atoms with E-state index in [-0.39, 0.29) is 0 Å². The standard InChI is InChI=1S/C16H14O2S2/c1-17-13-7-9-19-15(13)11-3-5-12(6-4-11)16-14(18-2)8-10-20-16/h3-10H,1-2H3. The smallest absolute Gasteiger partial charge is 0.137 e. The van der Waals surface area contributed by atoms with Crippen LogP contribution in [0.2, 0.25) is 0 Å². The van der Waals surface area contributed by atoms with E-state index in [4.69, 9.17) is 9.47 Å². The molecule has 3 aromatic rings. The molecule has 2 heterocycles. The molecular weight excluding hydrogens is 288 g/mol. The van der Waals surface area contributed by atoms with Crippen LogP contribution in [-0.4, -0.2) is 14.2 Å². The van der Waals surface area contributed by atoms with Crippen molar-refractivity contribution in [2.45, 2.75) is 0 Å². The number of rotatable bonds is 4. The first-order valence-corrected chi connectivity index (χ1v) is 7.93. The summed E-state index contributed by atoms with van der Waals surface area (Å²) in [6.45, 7) is 0. The molecule has 20 heavy (non-hydrogen) atoms. The van der Waals surface area contributed by atoms with Crippen molar-refractivity contribution < 1.29 is 9.47 Å². The van der Waals surface area contributed by atoms with Gasteiger partial charge in [0.25, 0.3) is 0 Å². The van der Waals surface area contributed by atoms with Crippen LogP contribution in [0.1, 0.15) is 0 Å². The van der Waals surface area contributed by atoms with Gasteiger partial charge in [-0.2, -0.15) is 0 Å². The lowest BCUT2D eigenvalue weighted by Crippen LogP contribution is -1.84. The summed E-state index contributed by atoms with van der Waals surface area (Å²) < 4.78 is 10.7. The molecule has 0 saturated carbocycles. The Labute approximate surface area is 126 Å². The fraction of sp³-hybridized carbons (Fsp3) is 0.125. The third-order valence-corrected chi connectivity index (χ3v) is 5.00. The molecular formula is C16H14O2S2. The van der Waals surface area contributed by atoms with E-state index >= 15 is 0 Å². The van der Waals surface area contributed by atoms with Crippen molar-refractivity contribution in [1.29, 1.82) is 0 Å². The van der Waals surface area contributed by atoms with Crippen molar-refractivity contribution in [2.24, 2.45) is 0 Å². The van der Waals surface area contributed by atoms with Crippen LogP contribution in [0.5, 0.6) is 11.5 Å². The van der Waals surface area contributed by atoms with Gasteiger partial charge in [0.1, 0.15) is 11.5 Å². The average Bonchev–Trinajstić information content (AvgIpc) is 3.15. The van der Waals surface area contributed by atoms with Crippen molar-refractivity contribution in [3.63, 3.8) is 0 Å². The van der Waals surface area contributed by atoms with Crippen molar-refractivity contribution in [1.82, 2.24) is 0 Å². The molecule has 0 amide bonds. The highest BCUT2D eigenvalue weighted by Gasteiger charge is 2.10. The molecule has 2 aromatic heterocycles. The summed E-state index contributed by atoms with van der Waals surface area (Å²) in [7, 11) is 3.41. The molecule has 102 valence electrons. The molecule has 0 aliphatic carbocycles. The molecule has 0 radical (unpaired) electrons. The second kappa shape index (κ2) is 5.69. The lowest BCUT2D eigenvalue weighted by Gasteiger charge is -2.05. The highest BCUT2D eigenvalue weighted by molar-refractivity contribution is 7.14. The van der Waals surface area contributed by atoms with Gasteiger partial charge >= 0.3 is 0 Å². The number of ether oxygens (including phenoxy) is 2. The fourth-order valence-electron chi connectivity index (χ4n) is 2.11. The van der Waals surface area contributed by atoms with E-state index in [1.165, 1.54) is 11.1 Å². The lowest BCUT2D eigenvalue weighted by molar-refractivity contribution is 0.418.